The Hall–Kier alpha value is -3.94. The highest BCUT2D eigenvalue weighted by atomic mass is 16.5. The summed E-state index contributed by atoms with van der Waals surface area (Å²) in [7, 11) is 3.13. The lowest BCUT2D eigenvalue weighted by molar-refractivity contribution is 0.0950. The number of ether oxygens (including phenoxy) is 3. The van der Waals surface area contributed by atoms with Gasteiger partial charge in [-0.05, 0) is 49.4 Å². The molecular formula is C22H22N4O4. The summed E-state index contributed by atoms with van der Waals surface area (Å²) < 4.78 is 15.9. The summed E-state index contributed by atoms with van der Waals surface area (Å²) in [5.41, 5.74) is 4.66. The van der Waals surface area contributed by atoms with E-state index in [4.69, 9.17) is 14.2 Å². The molecule has 0 fully saturated rings. The van der Waals surface area contributed by atoms with Gasteiger partial charge in [-0.2, -0.15) is 5.10 Å². The number of carbonyl (C=O) groups is 1. The van der Waals surface area contributed by atoms with Crippen LogP contribution < -0.4 is 19.6 Å². The normalized spacial score (nSPS) is 10.6. The Morgan fingerprint density at radius 3 is 2.53 bits per heavy atom. The van der Waals surface area contributed by atoms with Crippen molar-refractivity contribution < 1.29 is 19.0 Å². The van der Waals surface area contributed by atoms with Gasteiger partial charge < -0.3 is 14.2 Å². The summed E-state index contributed by atoms with van der Waals surface area (Å²) in [6.07, 6.45) is 4.45. The third-order valence-electron chi connectivity index (χ3n) is 4.13. The van der Waals surface area contributed by atoms with Gasteiger partial charge in [-0.15, -0.1) is 0 Å². The molecule has 154 valence electrons. The van der Waals surface area contributed by atoms with Crippen molar-refractivity contribution in [1.29, 1.82) is 0 Å². The van der Waals surface area contributed by atoms with Crippen LogP contribution in [0.5, 0.6) is 17.2 Å². The Bertz CT molecular complexity index is 1040. The summed E-state index contributed by atoms with van der Waals surface area (Å²) in [5, 5.41) is 3.99. The number of nitrogens with one attached hydrogen (secondary N) is 1. The van der Waals surface area contributed by atoms with Gasteiger partial charge in [0.05, 0.1) is 45.1 Å². The quantitative estimate of drug-likeness (QED) is 0.455. The van der Waals surface area contributed by atoms with Crippen LogP contribution in [0, 0.1) is 0 Å². The van der Waals surface area contributed by atoms with Gasteiger partial charge in [0.2, 0.25) is 0 Å². The van der Waals surface area contributed by atoms with E-state index in [9.17, 15) is 4.79 Å². The Kier molecular flexibility index (Phi) is 6.94. The maximum atomic E-state index is 12.4. The summed E-state index contributed by atoms with van der Waals surface area (Å²) in [6, 6.07) is 12.7. The molecule has 0 bridgehead atoms. The molecule has 0 spiro atoms. The highest BCUT2D eigenvalue weighted by molar-refractivity contribution is 5.93. The number of carbonyl (C=O) groups excluding carboxylic acids is 1. The maximum absolute atomic E-state index is 12.4. The average molecular weight is 406 g/mol. The molecule has 1 heterocycles. The molecule has 0 saturated heterocycles. The van der Waals surface area contributed by atoms with Gasteiger partial charge in [0.1, 0.15) is 22.9 Å². The monoisotopic (exact) mass is 406 g/mol. The molecule has 3 aromatic rings. The minimum atomic E-state index is -0.478. The SMILES string of the molecule is CCOc1ccc(-c2cncc(C(=O)NN=Cc3cc(OC)ccc3OC)n2)cc1. The third-order valence-corrected chi connectivity index (χ3v) is 4.13. The van der Waals surface area contributed by atoms with E-state index in [-0.39, 0.29) is 5.69 Å². The number of hydrogen-bond acceptors (Lipinski definition) is 7. The summed E-state index contributed by atoms with van der Waals surface area (Å²) in [4.78, 5) is 20.9. The van der Waals surface area contributed by atoms with Crippen LogP contribution in [-0.2, 0) is 0 Å². The van der Waals surface area contributed by atoms with Crippen LogP contribution in [0.4, 0.5) is 0 Å². The molecule has 0 saturated carbocycles. The molecule has 1 aromatic heterocycles. The smallest absolute Gasteiger partial charge is 0.291 e. The van der Waals surface area contributed by atoms with Gasteiger partial charge >= 0.3 is 0 Å². The minimum absolute atomic E-state index is 0.149. The summed E-state index contributed by atoms with van der Waals surface area (Å²) in [5.74, 6) is 1.54. The third kappa shape index (κ3) is 5.11. The molecule has 0 aliphatic heterocycles. The molecule has 8 nitrogen and oxygen atoms in total. The van der Waals surface area contributed by atoms with Crippen LogP contribution >= 0.6 is 0 Å². The zero-order valence-corrected chi connectivity index (χ0v) is 17.0. The zero-order chi connectivity index (χ0) is 21.3. The van der Waals surface area contributed by atoms with E-state index < -0.39 is 5.91 Å². The van der Waals surface area contributed by atoms with Crippen LogP contribution in [0.3, 0.4) is 0 Å². The van der Waals surface area contributed by atoms with Gasteiger partial charge in [0, 0.05) is 11.1 Å². The first-order valence-corrected chi connectivity index (χ1v) is 9.25. The Balaban J connectivity index is 1.72. The molecule has 0 aliphatic carbocycles. The van der Waals surface area contributed by atoms with Crippen molar-refractivity contribution in [2.45, 2.75) is 6.92 Å². The van der Waals surface area contributed by atoms with E-state index in [1.165, 1.54) is 12.4 Å². The number of rotatable bonds is 8. The summed E-state index contributed by atoms with van der Waals surface area (Å²) >= 11 is 0. The lowest BCUT2D eigenvalue weighted by Crippen LogP contribution is -2.19. The van der Waals surface area contributed by atoms with Crippen molar-refractivity contribution in [3.05, 3.63) is 66.1 Å². The number of hydrazone groups is 1. The van der Waals surface area contributed by atoms with Gasteiger partial charge in [-0.25, -0.2) is 10.4 Å². The second-order valence-corrected chi connectivity index (χ2v) is 6.05. The van der Waals surface area contributed by atoms with Crippen molar-refractivity contribution in [2.24, 2.45) is 5.10 Å². The number of amides is 1. The molecule has 2 aromatic carbocycles. The largest absolute Gasteiger partial charge is 0.497 e. The lowest BCUT2D eigenvalue weighted by Gasteiger charge is -2.07. The topological polar surface area (TPSA) is 94.9 Å². The minimum Gasteiger partial charge on any atom is -0.497 e. The van der Waals surface area contributed by atoms with Gasteiger partial charge in [0.25, 0.3) is 5.91 Å². The molecule has 1 N–H and O–H groups in total. The molecule has 8 heteroatoms. The molecule has 30 heavy (non-hydrogen) atoms. The van der Waals surface area contributed by atoms with Crippen LogP contribution in [0.25, 0.3) is 11.3 Å². The van der Waals surface area contributed by atoms with Gasteiger partial charge in [0.15, 0.2) is 0 Å². The average Bonchev–Trinajstić information content (AvgIpc) is 2.79. The van der Waals surface area contributed by atoms with Crippen molar-refractivity contribution >= 4 is 12.1 Å². The fourth-order valence-corrected chi connectivity index (χ4v) is 2.66. The first kappa shape index (κ1) is 20.8. The second-order valence-electron chi connectivity index (χ2n) is 6.05. The molecule has 0 aliphatic rings. The van der Waals surface area contributed by atoms with E-state index >= 15 is 0 Å². The Morgan fingerprint density at radius 1 is 1.07 bits per heavy atom. The predicted octanol–water partition coefficient (Wildman–Crippen LogP) is 3.32. The van der Waals surface area contributed by atoms with Gasteiger partial charge in [-0.1, -0.05) is 0 Å². The zero-order valence-electron chi connectivity index (χ0n) is 17.0. The molecule has 0 unspecified atom stereocenters. The predicted molar refractivity (Wildman–Crippen MR) is 113 cm³/mol. The van der Waals surface area contributed by atoms with Crippen LogP contribution in [0.1, 0.15) is 23.0 Å². The Morgan fingerprint density at radius 2 is 1.83 bits per heavy atom. The van der Waals surface area contributed by atoms with Gasteiger partial charge in [-0.3, -0.25) is 9.78 Å². The molecule has 3 rings (SSSR count). The molecular weight excluding hydrogens is 384 g/mol. The van der Waals surface area contributed by atoms with Crippen LogP contribution in [0.2, 0.25) is 0 Å². The standard InChI is InChI=1S/C22H22N4O4/c1-4-30-17-7-5-15(6-8-17)19-13-23-14-20(25-19)22(27)26-24-12-16-11-18(28-2)9-10-21(16)29-3/h5-14H,4H2,1-3H3,(H,26,27). The van der Waals surface area contributed by atoms with Crippen LogP contribution in [0.15, 0.2) is 60.0 Å². The number of methoxy groups -OCH3 is 2. The number of benzene rings is 2. The van der Waals surface area contributed by atoms with E-state index in [0.29, 0.717) is 29.4 Å². The first-order chi connectivity index (χ1) is 14.6. The van der Waals surface area contributed by atoms with Crippen LogP contribution in [-0.4, -0.2) is 42.9 Å². The Labute approximate surface area is 174 Å². The highest BCUT2D eigenvalue weighted by Gasteiger charge is 2.10. The number of aromatic nitrogens is 2. The second kappa shape index (κ2) is 10.0. The highest BCUT2D eigenvalue weighted by Crippen LogP contribution is 2.22. The first-order valence-electron chi connectivity index (χ1n) is 9.25. The van der Waals surface area contributed by atoms with Crippen molar-refractivity contribution in [1.82, 2.24) is 15.4 Å². The maximum Gasteiger partial charge on any atom is 0.291 e. The van der Waals surface area contributed by atoms with E-state index in [2.05, 4.69) is 20.5 Å². The van der Waals surface area contributed by atoms with E-state index in [1.54, 1.807) is 38.6 Å². The molecule has 0 radical (unpaired) electrons. The van der Waals surface area contributed by atoms with Crippen molar-refractivity contribution in [3.63, 3.8) is 0 Å². The van der Waals surface area contributed by atoms with Crippen molar-refractivity contribution in [2.75, 3.05) is 20.8 Å². The molecule has 0 atom stereocenters. The van der Waals surface area contributed by atoms with E-state index in [1.807, 2.05) is 31.2 Å². The number of hydrogen-bond donors (Lipinski definition) is 1. The summed E-state index contributed by atoms with van der Waals surface area (Å²) in [6.45, 7) is 2.52. The lowest BCUT2D eigenvalue weighted by atomic mass is 10.1. The van der Waals surface area contributed by atoms with Crippen molar-refractivity contribution in [3.8, 4) is 28.5 Å². The fourth-order valence-electron chi connectivity index (χ4n) is 2.66. The number of nitrogens with zero attached hydrogens (tertiary/aromatic N) is 3. The van der Waals surface area contributed by atoms with E-state index in [0.717, 1.165) is 11.3 Å². The fraction of sp³-hybridized carbons (Fsp3) is 0.182. The molecule has 1 amide bonds.